The van der Waals surface area contributed by atoms with Crippen molar-refractivity contribution in [2.45, 2.75) is 13.3 Å². The van der Waals surface area contributed by atoms with Gasteiger partial charge >= 0.3 is 11.6 Å². The van der Waals surface area contributed by atoms with E-state index in [-0.39, 0.29) is 12.4 Å². The summed E-state index contributed by atoms with van der Waals surface area (Å²) in [6, 6.07) is 14.6. The molecule has 0 aliphatic rings. The SMILES string of the molecule is CCC(=O)Oc1ccc2cc(-c3[nH]c4ccccc4[n+]3C)c(=O)oc2c1. The highest BCUT2D eigenvalue weighted by atomic mass is 16.5. The number of carbonyl (C=O) groups is 1. The van der Waals surface area contributed by atoms with E-state index < -0.39 is 5.63 Å². The summed E-state index contributed by atoms with van der Waals surface area (Å²) in [5, 5.41) is 0.745. The predicted molar refractivity (Wildman–Crippen MR) is 96.9 cm³/mol. The van der Waals surface area contributed by atoms with Gasteiger partial charge in [0, 0.05) is 17.9 Å². The molecule has 2 heterocycles. The quantitative estimate of drug-likeness (QED) is 0.267. The van der Waals surface area contributed by atoms with Gasteiger partial charge in [-0.1, -0.05) is 19.1 Å². The fourth-order valence-electron chi connectivity index (χ4n) is 2.98. The third-order valence-corrected chi connectivity index (χ3v) is 4.34. The Kier molecular flexibility index (Phi) is 3.80. The molecule has 0 saturated carbocycles. The molecular weight excluding hydrogens is 332 g/mol. The van der Waals surface area contributed by atoms with Crippen molar-refractivity contribution >= 4 is 28.0 Å². The van der Waals surface area contributed by atoms with Crippen LogP contribution in [0.2, 0.25) is 0 Å². The molecule has 2 aromatic carbocycles. The molecule has 130 valence electrons. The maximum Gasteiger partial charge on any atom is 0.351 e. The molecule has 2 aromatic heterocycles. The summed E-state index contributed by atoms with van der Waals surface area (Å²) in [6.45, 7) is 1.72. The molecule has 0 atom stereocenters. The minimum atomic E-state index is -0.460. The van der Waals surface area contributed by atoms with E-state index in [4.69, 9.17) is 9.15 Å². The van der Waals surface area contributed by atoms with E-state index in [1.165, 1.54) is 0 Å². The largest absolute Gasteiger partial charge is 0.426 e. The van der Waals surface area contributed by atoms with Gasteiger partial charge in [0.25, 0.3) is 5.82 Å². The first-order valence-corrected chi connectivity index (χ1v) is 8.32. The average molecular weight is 349 g/mol. The molecule has 0 aliphatic carbocycles. The van der Waals surface area contributed by atoms with E-state index in [1.54, 1.807) is 31.2 Å². The van der Waals surface area contributed by atoms with Crippen LogP contribution in [0.15, 0.2) is 57.7 Å². The van der Waals surface area contributed by atoms with Crippen molar-refractivity contribution in [3.05, 3.63) is 59.0 Å². The van der Waals surface area contributed by atoms with Crippen LogP contribution in [-0.4, -0.2) is 11.0 Å². The van der Waals surface area contributed by atoms with E-state index in [0.717, 1.165) is 16.4 Å². The van der Waals surface area contributed by atoms with Crippen molar-refractivity contribution in [1.29, 1.82) is 0 Å². The minimum Gasteiger partial charge on any atom is -0.426 e. The summed E-state index contributed by atoms with van der Waals surface area (Å²) in [6.07, 6.45) is 0.276. The van der Waals surface area contributed by atoms with Gasteiger partial charge < -0.3 is 9.15 Å². The fourth-order valence-corrected chi connectivity index (χ4v) is 2.98. The van der Waals surface area contributed by atoms with Gasteiger partial charge in [0.2, 0.25) is 0 Å². The number of benzene rings is 2. The molecule has 0 spiro atoms. The first-order valence-electron chi connectivity index (χ1n) is 8.32. The molecule has 26 heavy (non-hydrogen) atoms. The lowest BCUT2D eigenvalue weighted by Crippen LogP contribution is -2.30. The minimum absolute atomic E-state index is 0.276. The second-order valence-electron chi connectivity index (χ2n) is 6.02. The number of aromatic nitrogens is 2. The van der Waals surface area contributed by atoms with Crippen LogP contribution in [0.1, 0.15) is 13.3 Å². The van der Waals surface area contributed by atoms with Crippen LogP contribution in [0.5, 0.6) is 5.75 Å². The van der Waals surface area contributed by atoms with Gasteiger partial charge in [0.05, 0.1) is 7.05 Å². The number of aromatic amines is 1. The second kappa shape index (κ2) is 6.15. The van der Waals surface area contributed by atoms with Crippen molar-refractivity contribution in [2.24, 2.45) is 7.05 Å². The third-order valence-electron chi connectivity index (χ3n) is 4.34. The molecule has 4 aromatic rings. The summed E-state index contributed by atoms with van der Waals surface area (Å²) in [5.41, 5.74) is 2.28. The molecule has 4 rings (SSSR count). The van der Waals surface area contributed by atoms with Crippen molar-refractivity contribution in [1.82, 2.24) is 4.98 Å². The highest BCUT2D eigenvalue weighted by molar-refractivity contribution is 5.83. The van der Waals surface area contributed by atoms with Gasteiger partial charge in [-0.15, -0.1) is 0 Å². The Balaban J connectivity index is 1.84. The number of hydrogen-bond donors (Lipinski definition) is 1. The maximum absolute atomic E-state index is 12.5. The van der Waals surface area contributed by atoms with Gasteiger partial charge in [-0.2, -0.15) is 0 Å². The summed E-state index contributed by atoms with van der Waals surface area (Å²) < 4.78 is 12.6. The number of carbonyl (C=O) groups excluding carboxylic acids is 1. The number of imidazole rings is 1. The highest BCUT2D eigenvalue weighted by Gasteiger charge is 2.21. The number of H-pyrrole nitrogens is 1. The van der Waals surface area contributed by atoms with Crippen molar-refractivity contribution in [2.75, 3.05) is 0 Å². The number of fused-ring (bicyclic) bond motifs is 2. The molecule has 6 heteroatoms. The van der Waals surface area contributed by atoms with Crippen LogP contribution in [0.3, 0.4) is 0 Å². The number of esters is 1. The summed E-state index contributed by atoms with van der Waals surface area (Å²) in [4.78, 5) is 27.2. The van der Waals surface area contributed by atoms with Crippen LogP contribution >= 0.6 is 0 Å². The van der Waals surface area contributed by atoms with E-state index >= 15 is 0 Å². The number of nitrogens with one attached hydrogen (secondary N) is 1. The Morgan fingerprint density at radius 1 is 1.19 bits per heavy atom. The molecule has 0 amide bonds. The Hall–Kier alpha value is -3.41. The van der Waals surface area contributed by atoms with Crippen LogP contribution in [-0.2, 0) is 11.8 Å². The highest BCUT2D eigenvalue weighted by Crippen LogP contribution is 2.24. The number of rotatable bonds is 3. The number of hydrogen-bond acceptors (Lipinski definition) is 4. The standard InChI is InChI=1S/C20H16N2O4/c1-3-18(23)25-13-9-8-12-10-14(20(24)26-17(12)11-13)19-21-15-6-4-5-7-16(15)22(19)2/h4-11H,3H2,1-2H3/p+1. The predicted octanol–water partition coefficient (Wildman–Crippen LogP) is 3.08. The van der Waals surface area contributed by atoms with Crippen LogP contribution in [0.25, 0.3) is 33.4 Å². The average Bonchev–Trinajstić information content (AvgIpc) is 2.98. The van der Waals surface area contributed by atoms with Crippen molar-refractivity contribution in [3.8, 4) is 17.1 Å². The van der Waals surface area contributed by atoms with Crippen LogP contribution in [0, 0.1) is 0 Å². The summed E-state index contributed by atoms with van der Waals surface area (Å²) in [5.74, 6) is 0.688. The molecule has 1 N–H and O–H groups in total. The van der Waals surface area contributed by atoms with Gasteiger partial charge in [0.15, 0.2) is 16.6 Å². The van der Waals surface area contributed by atoms with Crippen molar-refractivity contribution < 1.29 is 18.5 Å². The zero-order valence-electron chi connectivity index (χ0n) is 14.4. The fraction of sp³-hybridized carbons (Fsp3) is 0.150. The van der Waals surface area contributed by atoms with E-state index in [1.807, 2.05) is 35.9 Å². The first-order chi connectivity index (χ1) is 12.6. The van der Waals surface area contributed by atoms with Crippen LogP contribution in [0.4, 0.5) is 0 Å². The Bertz CT molecular complexity index is 1200. The first kappa shape index (κ1) is 16.1. The number of aryl methyl sites for hydroxylation is 1. The van der Waals surface area contributed by atoms with Gasteiger partial charge in [0.1, 0.15) is 11.3 Å². The maximum atomic E-state index is 12.5. The lowest BCUT2D eigenvalue weighted by atomic mass is 10.1. The molecule has 6 nitrogen and oxygen atoms in total. The molecule has 0 saturated heterocycles. The van der Waals surface area contributed by atoms with Crippen molar-refractivity contribution in [3.63, 3.8) is 0 Å². The van der Waals surface area contributed by atoms with E-state index in [0.29, 0.717) is 22.7 Å². The molecule has 0 aliphatic heterocycles. The molecule has 0 radical (unpaired) electrons. The van der Waals surface area contributed by atoms with E-state index in [2.05, 4.69) is 4.98 Å². The smallest absolute Gasteiger partial charge is 0.351 e. The molecule has 0 unspecified atom stereocenters. The molecule has 0 bridgehead atoms. The zero-order chi connectivity index (χ0) is 18.3. The van der Waals surface area contributed by atoms with Crippen LogP contribution < -0.4 is 14.9 Å². The van der Waals surface area contributed by atoms with E-state index in [9.17, 15) is 9.59 Å². The number of ether oxygens (including phenoxy) is 1. The lowest BCUT2D eigenvalue weighted by Gasteiger charge is -2.04. The summed E-state index contributed by atoms with van der Waals surface area (Å²) >= 11 is 0. The summed E-state index contributed by atoms with van der Waals surface area (Å²) in [7, 11) is 1.89. The molecule has 0 fully saturated rings. The monoisotopic (exact) mass is 349 g/mol. The van der Waals surface area contributed by atoms with Gasteiger partial charge in [-0.3, -0.25) is 4.79 Å². The third kappa shape index (κ3) is 2.65. The topological polar surface area (TPSA) is 76.2 Å². The normalized spacial score (nSPS) is 11.2. The molecular formula is C20H17N2O4+. The zero-order valence-corrected chi connectivity index (χ0v) is 14.4. The number of nitrogens with zero attached hydrogens (tertiary/aromatic N) is 1. The van der Waals surface area contributed by atoms with Gasteiger partial charge in [-0.25, -0.2) is 14.3 Å². The second-order valence-corrected chi connectivity index (χ2v) is 6.02. The Morgan fingerprint density at radius 2 is 2.00 bits per heavy atom. The number of para-hydroxylation sites is 2. The Labute approximate surface area is 148 Å². The van der Waals surface area contributed by atoms with Gasteiger partial charge in [-0.05, 0) is 30.3 Å². The lowest BCUT2D eigenvalue weighted by molar-refractivity contribution is -0.633. The Morgan fingerprint density at radius 3 is 2.77 bits per heavy atom.